The zero-order chi connectivity index (χ0) is 15.4. The molecule has 0 bridgehead atoms. The largest absolute Gasteiger partial charge is 0.497 e. The van der Waals surface area contributed by atoms with Gasteiger partial charge >= 0.3 is 0 Å². The molecule has 2 heteroatoms. The summed E-state index contributed by atoms with van der Waals surface area (Å²) in [5.41, 5.74) is 1.34. The molecular formula is C19H27NO. The maximum atomic E-state index is 5.28. The average molecular weight is 285 g/mol. The molecule has 0 radical (unpaired) electrons. The molecule has 0 saturated heterocycles. The first-order chi connectivity index (χ1) is 10.0. The standard InChI is InChI=1S/C19H27NO/c1-6-19(13(2)3)20-14(4)15-7-8-17-12-18(21-5)10-9-16(17)11-15/h7-14,19-20H,6H2,1-5H3. The molecule has 114 valence electrons. The van der Waals surface area contributed by atoms with E-state index in [1.54, 1.807) is 7.11 Å². The highest BCUT2D eigenvalue weighted by molar-refractivity contribution is 5.84. The van der Waals surface area contributed by atoms with Gasteiger partial charge in [0.15, 0.2) is 0 Å². The lowest BCUT2D eigenvalue weighted by Crippen LogP contribution is -2.35. The first-order valence-electron chi connectivity index (χ1n) is 7.89. The molecule has 1 N–H and O–H groups in total. The van der Waals surface area contributed by atoms with E-state index in [0.29, 0.717) is 18.0 Å². The van der Waals surface area contributed by atoms with E-state index in [9.17, 15) is 0 Å². The molecule has 2 aromatic carbocycles. The molecule has 0 aliphatic rings. The van der Waals surface area contributed by atoms with Gasteiger partial charge in [-0.25, -0.2) is 0 Å². The van der Waals surface area contributed by atoms with E-state index in [1.807, 2.05) is 6.07 Å². The predicted molar refractivity (Wildman–Crippen MR) is 91.0 cm³/mol. The number of fused-ring (bicyclic) bond motifs is 1. The maximum Gasteiger partial charge on any atom is 0.119 e. The van der Waals surface area contributed by atoms with Crippen LogP contribution < -0.4 is 10.1 Å². The van der Waals surface area contributed by atoms with Gasteiger partial charge in [-0.2, -0.15) is 0 Å². The van der Waals surface area contributed by atoms with Gasteiger partial charge in [-0.3, -0.25) is 0 Å². The Labute approximate surface area is 128 Å². The number of rotatable bonds is 6. The molecule has 2 rings (SSSR count). The van der Waals surface area contributed by atoms with Gasteiger partial charge in [-0.15, -0.1) is 0 Å². The summed E-state index contributed by atoms with van der Waals surface area (Å²) in [6.07, 6.45) is 1.16. The summed E-state index contributed by atoms with van der Waals surface area (Å²) in [5, 5.41) is 6.23. The van der Waals surface area contributed by atoms with Crippen LogP contribution in [0.2, 0.25) is 0 Å². The Kier molecular flexibility index (Phi) is 5.24. The van der Waals surface area contributed by atoms with E-state index in [4.69, 9.17) is 4.74 Å². The highest BCUT2D eigenvalue weighted by Crippen LogP contribution is 2.25. The topological polar surface area (TPSA) is 21.3 Å². The van der Waals surface area contributed by atoms with Crippen molar-refractivity contribution in [1.82, 2.24) is 5.32 Å². The quantitative estimate of drug-likeness (QED) is 0.812. The van der Waals surface area contributed by atoms with Crippen LogP contribution in [0.3, 0.4) is 0 Å². The van der Waals surface area contributed by atoms with Crippen molar-refractivity contribution in [1.29, 1.82) is 0 Å². The smallest absolute Gasteiger partial charge is 0.119 e. The second-order valence-corrected chi connectivity index (χ2v) is 6.12. The molecule has 21 heavy (non-hydrogen) atoms. The highest BCUT2D eigenvalue weighted by atomic mass is 16.5. The third-order valence-electron chi connectivity index (χ3n) is 4.28. The van der Waals surface area contributed by atoms with Crippen LogP contribution in [0.4, 0.5) is 0 Å². The van der Waals surface area contributed by atoms with E-state index in [1.165, 1.54) is 16.3 Å². The van der Waals surface area contributed by atoms with Crippen molar-refractivity contribution >= 4 is 10.8 Å². The first kappa shape index (κ1) is 15.8. The normalized spacial score (nSPS) is 14.4. The van der Waals surface area contributed by atoms with Gasteiger partial charge < -0.3 is 10.1 Å². The van der Waals surface area contributed by atoms with Crippen molar-refractivity contribution < 1.29 is 4.74 Å². The van der Waals surface area contributed by atoms with Gasteiger partial charge in [0.05, 0.1) is 7.11 Å². The Morgan fingerprint density at radius 1 is 1.00 bits per heavy atom. The lowest BCUT2D eigenvalue weighted by Gasteiger charge is -2.26. The summed E-state index contributed by atoms with van der Waals surface area (Å²) in [4.78, 5) is 0. The molecule has 0 aromatic heterocycles. The average Bonchev–Trinajstić information content (AvgIpc) is 2.50. The summed E-state index contributed by atoms with van der Waals surface area (Å²) < 4.78 is 5.28. The summed E-state index contributed by atoms with van der Waals surface area (Å²) in [7, 11) is 1.71. The molecule has 0 saturated carbocycles. The van der Waals surface area contributed by atoms with E-state index < -0.39 is 0 Å². The van der Waals surface area contributed by atoms with Crippen molar-refractivity contribution in [3.63, 3.8) is 0 Å². The highest BCUT2D eigenvalue weighted by Gasteiger charge is 2.15. The monoisotopic (exact) mass is 285 g/mol. The molecule has 0 spiro atoms. The lowest BCUT2D eigenvalue weighted by atomic mass is 9.98. The molecule has 0 aliphatic heterocycles. The Balaban J connectivity index is 2.22. The third kappa shape index (κ3) is 3.76. The van der Waals surface area contributed by atoms with Crippen molar-refractivity contribution in [2.24, 2.45) is 5.92 Å². The second kappa shape index (κ2) is 6.95. The van der Waals surface area contributed by atoms with Crippen molar-refractivity contribution in [2.75, 3.05) is 7.11 Å². The van der Waals surface area contributed by atoms with Crippen molar-refractivity contribution in [3.8, 4) is 5.75 Å². The molecule has 2 aromatic rings. The number of ether oxygens (including phenoxy) is 1. The van der Waals surface area contributed by atoms with E-state index >= 15 is 0 Å². The summed E-state index contributed by atoms with van der Waals surface area (Å²) in [6.45, 7) is 9.05. The minimum absolute atomic E-state index is 0.365. The maximum absolute atomic E-state index is 5.28. The Morgan fingerprint density at radius 3 is 2.29 bits per heavy atom. The van der Waals surface area contributed by atoms with E-state index in [0.717, 1.165) is 12.2 Å². The van der Waals surface area contributed by atoms with Crippen LogP contribution >= 0.6 is 0 Å². The fourth-order valence-electron chi connectivity index (χ4n) is 2.84. The zero-order valence-electron chi connectivity index (χ0n) is 13.8. The minimum Gasteiger partial charge on any atom is -0.497 e. The lowest BCUT2D eigenvalue weighted by molar-refractivity contribution is 0.356. The van der Waals surface area contributed by atoms with Crippen molar-refractivity contribution in [3.05, 3.63) is 42.0 Å². The number of hydrogen-bond acceptors (Lipinski definition) is 2. The van der Waals surface area contributed by atoms with Crippen LogP contribution in [0.15, 0.2) is 36.4 Å². The predicted octanol–water partition coefficient (Wildman–Crippen LogP) is 4.93. The molecule has 2 atom stereocenters. The molecule has 2 nitrogen and oxygen atoms in total. The fraction of sp³-hybridized carbons (Fsp3) is 0.474. The second-order valence-electron chi connectivity index (χ2n) is 6.12. The van der Waals surface area contributed by atoms with E-state index in [2.05, 4.69) is 63.3 Å². The number of nitrogens with one attached hydrogen (secondary N) is 1. The Bertz CT molecular complexity index is 591. The van der Waals surface area contributed by atoms with Gasteiger partial charge in [0.2, 0.25) is 0 Å². The van der Waals surface area contributed by atoms with E-state index in [-0.39, 0.29) is 0 Å². The zero-order valence-corrected chi connectivity index (χ0v) is 13.8. The summed E-state index contributed by atoms with van der Waals surface area (Å²) >= 11 is 0. The Hall–Kier alpha value is -1.54. The van der Waals surface area contributed by atoms with Gasteiger partial charge in [-0.05, 0) is 53.8 Å². The van der Waals surface area contributed by atoms with Gasteiger partial charge in [-0.1, -0.05) is 39.0 Å². The molecular weight excluding hydrogens is 258 g/mol. The Morgan fingerprint density at radius 2 is 1.67 bits per heavy atom. The summed E-state index contributed by atoms with van der Waals surface area (Å²) in [6, 6.07) is 13.8. The van der Waals surface area contributed by atoms with Gasteiger partial charge in [0.25, 0.3) is 0 Å². The number of hydrogen-bond donors (Lipinski definition) is 1. The van der Waals surface area contributed by atoms with Crippen molar-refractivity contribution in [2.45, 2.75) is 46.2 Å². The molecule has 0 aliphatic carbocycles. The molecule has 0 amide bonds. The van der Waals surface area contributed by atoms with Crippen LogP contribution in [0, 0.1) is 5.92 Å². The van der Waals surface area contributed by atoms with Crippen LogP contribution in [0.5, 0.6) is 5.75 Å². The van der Waals surface area contributed by atoms with Gasteiger partial charge in [0.1, 0.15) is 5.75 Å². The third-order valence-corrected chi connectivity index (χ3v) is 4.28. The molecule has 2 unspecified atom stereocenters. The van der Waals surface area contributed by atoms with Gasteiger partial charge in [0, 0.05) is 12.1 Å². The number of methoxy groups -OCH3 is 1. The molecule has 0 heterocycles. The first-order valence-corrected chi connectivity index (χ1v) is 7.89. The minimum atomic E-state index is 0.365. The van der Waals surface area contributed by atoms with Crippen LogP contribution in [0.25, 0.3) is 10.8 Å². The molecule has 0 fully saturated rings. The van der Waals surface area contributed by atoms with Crippen LogP contribution in [0.1, 0.15) is 45.7 Å². The van der Waals surface area contributed by atoms with Crippen LogP contribution in [-0.4, -0.2) is 13.2 Å². The fourth-order valence-corrected chi connectivity index (χ4v) is 2.84. The SMILES string of the molecule is CCC(NC(C)c1ccc2cc(OC)ccc2c1)C(C)C. The van der Waals surface area contributed by atoms with Crippen LogP contribution in [-0.2, 0) is 0 Å². The number of benzene rings is 2. The summed E-state index contributed by atoms with van der Waals surface area (Å²) in [5.74, 6) is 1.56.